The van der Waals surface area contributed by atoms with Gasteiger partial charge in [0.1, 0.15) is 5.82 Å². The van der Waals surface area contributed by atoms with E-state index in [1.165, 1.54) is 0 Å². The fourth-order valence-electron chi connectivity index (χ4n) is 2.15. The van der Waals surface area contributed by atoms with Crippen molar-refractivity contribution in [3.63, 3.8) is 0 Å². The molecule has 0 amide bonds. The summed E-state index contributed by atoms with van der Waals surface area (Å²) >= 11 is 0. The van der Waals surface area contributed by atoms with E-state index >= 15 is 0 Å². The van der Waals surface area contributed by atoms with Crippen LogP contribution in [-0.2, 0) is 4.74 Å². The molecule has 100 valence electrons. The zero-order chi connectivity index (χ0) is 13.0. The number of hydrogen-bond acceptors (Lipinski definition) is 5. The highest BCUT2D eigenvalue weighted by atomic mass is 16.5. The number of hydrogen-bond donors (Lipinski definition) is 2. The van der Waals surface area contributed by atoms with Gasteiger partial charge in [-0.1, -0.05) is 0 Å². The van der Waals surface area contributed by atoms with Crippen LogP contribution in [0.4, 0.5) is 11.8 Å². The fourth-order valence-corrected chi connectivity index (χ4v) is 2.15. The third kappa shape index (κ3) is 3.32. The number of ether oxygens (including phenoxy) is 1. The van der Waals surface area contributed by atoms with Crippen molar-refractivity contribution >= 4 is 11.8 Å². The molecule has 1 aliphatic rings. The summed E-state index contributed by atoms with van der Waals surface area (Å²) in [6.07, 6.45) is 2.24. The predicted octanol–water partition coefficient (Wildman–Crippen LogP) is 2.20. The van der Waals surface area contributed by atoms with Crippen LogP contribution < -0.4 is 10.6 Å². The SMILES string of the molecule is CCNc1nc(C)cc(NCC2(C)CCCO2)n1. The second-order valence-corrected chi connectivity index (χ2v) is 5.00. The maximum atomic E-state index is 5.75. The number of aromatic nitrogens is 2. The van der Waals surface area contributed by atoms with Crippen molar-refractivity contribution in [3.05, 3.63) is 11.8 Å². The van der Waals surface area contributed by atoms with Gasteiger partial charge < -0.3 is 15.4 Å². The Morgan fingerprint density at radius 1 is 1.39 bits per heavy atom. The van der Waals surface area contributed by atoms with E-state index in [9.17, 15) is 0 Å². The van der Waals surface area contributed by atoms with E-state index in [0.717, 1.165) is 44.0 Å². The van der Waals surface area contributed by atoms with Crippen LogP contribution in [0.5, 0.6) is 0 Å². The average molecular weight is 250 g/mol. The summed E-state index contributed by atoms with van der Waals surface area (Å²) in [7, 11) is 0. The maximum Gasteiger partial charge on any atom is 0.224 e. The monoisotopic (exact) mass is 250 g/mol. The molecule has 1 aromatic rings. The molecular formula is C13H22N4O. The van der Waals surface area contributed by atoms with Crippen molar-refractivity contribution in [2.75, 3.05) is 30.3 Å². The maximum absolute atomic E-state index is 5.75. The van der Waals surface area contributed by atoms with Gasteiger partial charge in [-0.25, -0.2) is 4.98 Å². The Hall–Kier alpha value is -1.36. The van der Waals surface area contributed by atoms with Crippen molar-refractivity contribution in [3.8, 4) is 0 Å². The van der Waals surface area contributed by atoms with Crippen molar-refractivity contribution in [2.45, 2.75) is 39.2 Å². The lowest BCUT2D eigenvalue weighted by atomic mass is 10.0. The van der Waals surface area contributed by atoms with Gasteiger partial charge in [-0.05, 0) is 33.6 Å². The van der Waals surface area contributed by atoms with E-state index in [1.807, 2.05) is 19.9 Å². The number of anilines is 2. The summed E-state index contributed by atoms with van der Waals surface area (Å²) in [5, 5.41) is 6.48. The van der Waals surface area contributed by atoms with Crippen molar-refractivity contribution in [1.29, 1.82) is 0 Å². The summed E-state index contributed by atoms with van der Waals surface area (Å²) in [4.78, 5) is 8.75. The molecule has 2 N–H and O–H groups in total. The average Bonchev–Trinajstić information content (AvgIpc) is 2.74. The zero-order valence-corrected chi connectivity index (χ0v) is 11.4. The fraction of sp³-hybridized carbons (Fsp3) is 0.692. The molecule has 18 heavy (non-hydrogen) atoms. The van der Waals surface area contributed by atoms with Crippen LogP contribution in [0.2, 0.25) is 0 Å². The molecule has 1 atom stereocenters. The second-order valence-electron chi connectivity index (χ2n) is 5.00. The Morgan fingerprint density at radius 3 is 2.89 bits per heavy atom. The molecule has 0 aromatic carbocycles. The smallest absolute Gasteiger partial charge is 0.224 e. The van der Waals surface area contributed by atoms with Crippen molar-refractivity contribution in [1.82, 2.24) is 9.97 Å². The van der Waals surface area contributed by atoms with Gasteiger partial charge in [0.15, 0.2) is 0 Å². The Bertz CT molecular complexity index is 402. The summed E-state index contributed by atoms with van der Waals surface area (Å²) in [5.74, 6) is 1.53. The molecule has 1 aromatic heterocycles. The minimum atomic E-state index is -0.0583. The molecule has 0 aliphatic carbocycles. The first-order valence-corrected chi connectivity index (χ1v) is 6.59. The van der Waals surface area contributed by atoms with Gasteiger partial charge >= 0.3 is 0 Å². The van der Waals surface area contributed by atoms with Crippen molar-refractivity contribution in [2.24, 2.45) is 0 Å². The highest BCUT2D eigenvalue weighted by Crippen LogP contribution is 2.25. The topological polar surface area (TPSA) is 59.1 Å². The Labute approximate surface area is 108 Å². The predicted molar refractivity (Wildman–Crippen MR) is 73.0 cm³/mol. The molecule has 0 saturated carbocycles. The second kappa shape index (κ2) is 5.52. The van der Waals surface area contributed by atoms with E-state index < -0.39 is 0 Å². The van der Waals surface area contributed by atoms with Gasteiger partial charge in [0, 0.05) is 31.5 Å². The molecule has 5 heteroatoms. The molecule has 1 aliphatic heterocycles. The van der Waals surface area contributed by atoms with Crippen LogP contribution in [0, 0.1) is 6.92 Å². The summed E-state index contributed by atoms with van der Waals surface area (Å²) in [5.41, 5.74) is 0.901. The van der Waals surface area contributed by atoms with Gasteiger partial charge in [0.05, 0.1) is 5.60 Å². The van der Waals surface area contributed by atoms with E-state index in [2.05, 4.69) is 27.5 Å². The van der Waals surface area contributed by atoms with Gasteiger partial charge in [-0.15, -0.1) is 0 Å². The van der Waals surface area contributed by atoms with Crippen LogP contribution >= 0.6 is 0 Å². The van der Waals surface area contributed by atoms with Crippen LogP contribution in [-0.4, -0.2) is 35.3 Å². The Morgan fingerprint density at radius 2 is 2.22 bits per heavy atom. The van der Waals surface area contributed by atoms with Crippen LogP contribution in [0.25, 0.3) is 0 Å². The molecule has 2 heterocycles. The van der Waals surface area contributed by atoms with Crippen LogP contribution in [0.3, 0.4) is 0 Å². The largest absolute Gasteiger partial charge is 0.373 e. The van der Waals surface area contributed by atoms with E-state index in [1.54, 1.807) is 0 Å². The molecule has 0 spiro atoms. The minimum absolute atomic E-state index is 0.0583. The molecule has 2 rings (SSSR count). The minimum Gasteiger partial charge on any atom is -0.373 e. The number of nitrogens with one attached hydrogen (secondary N) is 2. The lowest BCUT2D eigenvalue weighted by Crippen LogP contribution is -2.32. The standard InChI is InChI=1S/C13H22N4O/c1-4-14-12-16-10(2)8-11(17-12)15-9-13(3)6-5-7-18-13/h8H,4-7,9H2,1-3H3,(H2,14,15,16,17). The van der Waals surface area contributed by atoms with Gasteiger partial charge in [0.25, 0.3) is 0 Å². The van der Waals surface area contributed by atoms with Crippen LogP contribution in [0.1, 0.15) is 32.4 Å². The summed E-state index contributed by atoms with van der Waals surface area (Å²) < 4.78 is 5.75. The zero-order valence-electron chi connectivity index (χ0n) is 11.4. The Balaban J connectivity index is 2.00. The molecule has 1 fully saturated rings. The Kier molecular flexibility index (Phi) is 4.01. The molecule has 1 unspecified atom stereocenters. The molecular weight excluding hydrogens is 228 g/mol. The molecule has 5 nitrogen and oxygen atoms in total. The molecule has 0 bridgehead atoms. The lowest BCUT2D eigenvalue weighted by molar-refractivity contribution is 0.0315. The van der Waals surface area contributed by atoms with E-state index in [4.69, 9.17) is 4.74 Å². The van der Waals surface area contributed by atoms with E-state index in [-0.39, 0.29) is 5.60 Å². The molecule has 1 saturated heterocycles. The summed E-state index contributed by atoms with van der Waals surface area (Å²) in [6.45, 7) is 8.63. The number of nitrogens with zero attached hydrogens (tertiary/aromatic N) is 2. The van der Waals surface area contributed by atoms with Crippen molar-refractivity contribution < 1.29 is 4.74 Å². The van der Waals surface area contributed by atoms with Gasteiger partial charge in [0.2, 0.25) is 5.95 Å². The number of rotatable bonds is 5. The molecule has 0 radical (unpaired) electrons. The summed E-state index contributed by atoms with van der Waals surface area (Å²) in [6, 6.07) is 1.96. The third-order valence-corrected chi connectivity index (χ3v) is 3.13. The quantitative estimate of drug-likeness (QED) is 0.839. The van der Waals surface area contributed by atoms with Crippen LogP contribution in [0.15, 0.2) is 6.07 Å². The first-order valence-electron chi connectivity index (χ1n) is 6.59. The highest BCUT2D eigenvalue weighted by molar-refractivity contribution is 5.42. The normalized spacial score (nSPS) is 23.1. The number of aryl methyl sites for hydroxylation is 1. The third-order valence-electron chi connectivity index (χ3n) is 3.13. The van der Waals surface area contributed by atoms with E-state index in [0.29, 0.717) is 5.95 Å². The first-order chi connectivity index (χ1) is 8.61. The van der Waals surface area contributed by atoms with Gasteiger partial charge in [-0.3, -0.25) is 0 Å². The lowest BCUT2D eigenvalue weighted by Gasteiger charge is -2.23. The highest BCUT2D eigenvalue weighted by Gasteiger charge is 2.29. The van der Waals surface area contributed by atoms with Gasteiger partial charge in [-0.2, -0.15) is 4.98 Å². The first kappa shape index (κ1) is 13.1.